The zero-order valence-corrected chi connectivity index (χ0v) is 12.9. The quantitative estimate of drug-likeness (QED) is 0.942. The van der Waals surface area contributed by atoms with Crippen molar-refractivity contribution in [2.75, 3.05) is 20.1 Å². The van der Waals surface area contributed by atoms with Gasteiger partial charge in [-0.1, -0.05) is 11.6 Å². The molecule has 1 unspecified atom stereocenters. The molecule has 3 rings (SSSR count). The number of halogens is 1. The molecule has 1 aromatic carbocycles. The van der Waals surface area contributed by atoms with Gasteiger partial charge in [-0.2, -0.15) is 0 Å². The molecule has 1 atom stereocenters. The summed E-state index contributed by atoms with van der Waals surface area (Å²) in [5.74, 6) is 0.650. The second-order valence-electron chi connectivity index (χ2n) is 5.57. The second kappa shape index (κ2) is 6.60. The predicted octanol–water partition coefficient (Wildman–Crippen LogP) is 3.18. The summed E-state index contributed by atoms with van der Waals surface area (Å²) in [6.07, 6.45) is 4.23. The van der Waals surface area contributed by atoms with Gasteiger partial charge in [0, 0.05) is 29.7 Å². The van der Waals surface area contributed by atoms with Crippen molar-refractivity contribution in [1.82, 2.24) is 15.2 Å². The Labute approximate surface area is 130 Å². The largest absolute Gasteiger partial charge is 0.444 e. The van der Waals surface area contributed by atoms with Crippen LogP contribution in [0.1, 0.15) is 18.5 Å². The molecular weight excluding hydrogens is 286 g/mol. The number of hydrogen-bond donors (Lipinski definition) is 1. The Morgan fingerprint density at radius 1 is 1.38 bits per heavy atom. The third-order valence-electron chi connectivity index (χ3n) is 3.95. The van der Waals surface area contributed by atoms with Gasteiger partial charge in [0.2, 0.25) is 5.89 Å². The molecule has 1 aliphatic rings. The van der Waals surface area contributed by atoms with Crippen LogP contribution in [0.5, 0.6) is 0 Å². The van der Waals surface area contributed by atoms with Crippen molar-refractivity contribution in [3.05, 3.63) is 41.2 Å². The van der Waals surface area contributed by atoms with E-state index in [1.807, 2.05) is 24.3 Å². The summed E-state index contributed by atoms with van der Waals surface area (Å²) in [5.41, 5.74) is 1.92. The standard InChI is InChI=1S/C16H20ClN3O/c1-20(15-3-2-8-18-9-15)10-14-11-21-16(19-14)12-4-6-13(17)7-5-12/h4-7,11,15,18H,2-3,8-10H2,1H3. The van der Waals surface area contributed by atoms with Crippen LogP contribution in [0.15, 0.2) is 34.9 Å². The van der Waals surface area contributed by atoms with Crippen molar-refractivity contribution in [1.29, 1.82) is 0 Å². The van der Waals surface area contributed by atoms with Crippen LogP contribution in [0.3, 0.4) is 0 Å². The molecule has 1 N–H and O–H groups in total. The van der Waals surface area contributed by atoms with E-state index < -0.39 is 0 Å². The van der Waals surface area contributed by atoms with E-state index in [9.17, 15) is 0 Å². The van der Waals surface area contributed by atoms with Gasteiger partial charge in [0.25, 0.3) is 0 Å². The molecule has 2 heterocycles. The number of piperidine rings is 1. The van der Waals surface area contributed by atoms with Crippen LogP contribution in [-0.4, -0.2) is 36.1 Å². The summed E-state index contributed by atoms with van der Waals surface area (Å²) in [6.45, 7) is 3.00. The van der Waals surface area contributed by atoms with Gasteiger partial charge >= 0.3 is 0 Å². The summed E-state index contributed by atoms with van der Waals surface area (Å²) in [4.78, 5) is 6.92. The Morgan fingerprint density at radius 2 is 2.19 bits per heavy atom. The molecule has 1 aliphatic heterocycles. The van der Waals surface area contributed by atoms with Crippen molar-refractivity contribution in [3.8, 4) is 11.5 Å². The normalized spacial score (nSPS) is 19.1. The average Bonchev–Trinajstić information content (AvgIpc) is 2.97. The zero-order chi connectivity index (χ0) is 14.7. The molecule has 0 spiro atoms. The first-order valence-corrected chi connectivity index (χ1v) is 7.71. The summed E-state index contributed by atoms with van der Waals surface area (Å²) in [7, 11) is 2.15. The fraction of sp³-hybridized carbons (Fsp3) is 0.438. The Bertz CT molecular complexity index is 575. The molecule has 21 heavy (non-hydrogen) atoms. The molecule has 1 saturated heterocycles. The van der Waals surface area contributed by atoms with Crippen molar-refractivity contribution < 1.29 is 4.42 Å². The van der Waals surface area contributed by atoms with E-state index in [0.29, 0.717) is 11.9 Å². The molecule has 0 radical (unpaired) electrons. The highest BCUT2D eigenvalue weighted by Crippen LogP contribution is 2.21. The highest BCUT2D eigenvalue weighted by Gasteiger charge is 2.19. The minimum Gasteiger partial charge on any atom is -0.444 e. The monoisotopic (exact) mass is 305 g/mol. The van der Waals surface area contributed by atoms with Crippen LogP contribution in [0.2, 0.25) is 5.02 Å². The van der Waals surface area contributed by atoms with E-state index in [2.05, 4.69) is 22.2 Å². The Kier molecular flexibility index (Phi) is 4.58. The van der Waals surface area contributed by atoms with Crippen LogP contribution in [0.25, 0.3) is 11.5 Å². The van der Waals surface area contributed by atoms with Gasteiger partial charge in [0.05, 0.1) is 5.69 Å². The highest BCUT2D eigenvalue weighted by atomic mass is 35.5. The summed E-state index contributed by atoms with van der Waals surface area (Å²) < 4.78 is 5.58. The van der Waals surface area contributed by atoms with Gasteiger partial charge in [-0.3, -0.25) is 4.90 Å². The van der Waals surface area contributed by atoms with Gasteiger partial charge in [0.1, 0.15) is 6.26 Å². The molecule has 0 saturated carbocycles. The van der Waals surface area contributed by atoms with E-state index >= 15 is 0 Å². The van der Waals surface area contributed by atoms with Crippen LogP contribution in [-0.2, 0) is 6.54 Å². The number of benzene rings is 1. The van der Waals surface area contributed by atoms with Gasteiger partial charge in [-0.15, -0.1) is 0 Å². The van der Waals surface area contributed by atoms with Crippen molar-refractivity contribution in [3.63, 3.8) is 0 Å². The van der Waals surface area contributed by atoms with Crippen LogP contribution in [0.4, 0.5) is 0 Å². The second-order valence-corrected chi connectivity index (χ2v) is 6.00. The molecule has 112 valence electrons. The lowest BCUT2D eigenvalue weighted by Gasteiger charge is -2.31. The summed E-state index contributed by atoms with van der Waals surface area (Å²) in [5, 5.41) is 4.16. The first kappa shape index (κ1) is 14.6. The van der Waals surface area contributed by atoms with Gasteiger partial charge in [0.15, 0.2) is 0 Å². The van der Waals surface area contributed by atoms with E-state index in [4.69, 9.17) is 16.0 Å². The van der Waals surface area contributed by atoms with Gasteiger partial charge in [-0.25, -0.2) is 4.98 Å². The number of likely N-dealkylation sites (N-methyl/N-ethyl adjacent to an activating group) is 1. The number of aromatic nitrogens is 1. The van der Waals surface area contributed by atoms with Crippen LogP contribution in [0, 0.1) is 0 Å². The molecule has 2 aromatic rings. The first-order chi connectivity index (χ1) is 10.2. The molecule has 5 heteroatoms. The lowest BCUT2D eigenvalue weighted by Crippen LogP contribution is -2.43. The van der Waals surface area contributed by atoms with Gasteiger partial charge < -0.3 is 9.73 Å². The van der Waals surface area contributed by atoms with Crippen molar-refractivity contribution in [2.45, 2.75) is 25.4 Å². The minimum atomic E-state index is 0.578. The fourth-order valence-electron chi connectivity index (χ4n) is 2.70. The van der Waals surface area contributed by atoms with E-state index in [1.165, 1.54) is 12.8 Å². The van der Waals surface area contributed by atoms with E-state index in [1.54, 1.807) is 6.26 Å². The molecule has 1 fully saturated rings. The topological polar surface area (TPSA) is 41.3 Å². The van der Waals surface area contributed by atoms with E-state index in [-0.39, 0.29) is 0 Å². The fourth-order valence-corrected chi connectivity index (χ4v) is 2.82. The first-order valence-electron chi connectivity index (χ1n) is 7.33. The molecule has 4 nitrogen and oxygen atoms in total. The number of rotatable bonds is 4. The lowest BCUT2D eigenvalue weighted by atomic mass is 10.1. The molecule has 0 amide bonds. The van der Waals surface area contributed by atoms with Crippen LogP contribution < -0.4 is 5.32 Å². The maximum absolute atomic E-state index is 5.90. The lowest BCUT2D eigenvalue weighted by molar-refractivity contribution is 0.194. The maximum Gasteiger partial charge on any atom is 0.226 e. The minimum absolute atomic E-state index is 0.578. The maximum atomic E-state index is 5.90. The molecular formula is C16H20ClN3O. The summed E-state index contributed by atoms with van der Waals surface area (Å²) in [6, 6.07) is 8.12. The molecule has 1 aromatic heterocycles. The van der Waals surface area contributed by atoms with Crippen molar-refractivity contribution in [2.24, 2.45) is 0 Å². The SMILES string of the molecule is CN(Cc1coc(-c2ccc(Cl)cc2)n1)C1CCCNC1. The Balaban J connectivity index is 1.65. The average molecular weight is 306 g/mol. The summed E-state index contributed by atoms with van der Waals surface area (Å²) >= 11 is 5.90. The van der Waals surface area contributed by atoms with E-state index in [0.717, 1.165) is 35.9 Å². The highest BCUT2D eigenvalue weighted by molar-refractivity contribution is 6.30. The number of nitrogens with zero attached hydrogens (tertiary/aromatic N) is 2. The van der Waals surface area contributed by atoms with Crippen molar-refractivity contribution >= 4 is 11.6 Å². The Morgan fingerprint density at radius 3 is 2.90 bits per heavy atom. The van der Waals surface area contributed by atoms with Crippen LogP contribution >= 0.6 is 11.6 Å². The number of hydrogen-bond acceptors (Lipinski definition) is 4. The Hall–Kier alpha value is -1.36. The molecule has 0 aliphatic carbocycles. The number of nitrogens with one attached hydrogen (secondary N) is 1. The third kappa shape index (κ3) is 3.64. The third-order valence-corrected chi connectivity index (χ3v) is 4.20. The predicted molar refractivity (Wildman–Crippen MR) is 84.3 cm³/mol. The number of oxazole rings is 1. The smallest absolute Gasteiger partial charge is 0.226 e. The van der Waals surface area contributed by atoms with Gasteiger partial charge in [-0.05, 0) is 50.7 Å². The molecule has 0 bridgehead atoms. The zero-order valence-electron chi connectivity index (χ0n) is 12.2.